The first-order valence-electron chi connectivity index (χ1n) is 8.93. The van der Waals surface area contributed by atoms with E-state index in [-0.39, 0.29) is 11.7 Å². The number of nitrogens with two attached hydrogens (primary N) is 1. The van der Waals surface area contributed by atoms with E-state index in [0.29, 0.717) is 16.9 Å². The molecule has 1 aromatic heterocycles. The number of hydrogen-bond donors (Lipinski definition) is 3. The predicted octanol–water partition coefficient (Wildman–Crippen LogP) is 4.63. The van der Waals surface area contributed by atoms with E-state index in [2.05, 4.69) is 26.3 Å². The first kappa shape index (κ1) is 18.9. The Bertz CT molecular complexity index is 1240. The average Bonchev–Trinajstić information content (AvgIpc) is 3.10. The Hall–Kier alpha value is -3.45. The molecular weight excluding hydrogens is 430 g/mol. The number of nitrogens with one attached hydrogen (secondary N) is 2. The van der Waals surface area contributed by atoms with Crippen LogP contribution >= 0.6 is 15.9 Å². The molecule has 0 aliphatic rings. The summed E-state index contributed by atoms with van der Waals surface area (Å²) in [5.41, 5.74) is 8.69. The van der Waals surface area contributed by atoms with Gasteiger partial charge in [0.25, 0.3) is 5.91 Å². The summed E-state index contributed by atoms with van der Waals surface area (Å²) in [7, 11) is 0. The Morgan fingerprint density at radius 3 is 2.45 bits per heavy atom. The number of nitrogen functional groups attached to an aromatic ring is 1. The molecule has 0 radical (unpaired) electrons. The fraction of sp³-hybridized carbons (Fsp3) is 0.0455. The zero-order valence-electron chi connectivity index (χ0n) is 15.6. The number of amidine groups is 1. The van der Waals surface area contributed by atoms with Gasteiger partial charge in [-0.05, 0) is 72.3 Å². The van der Waals surface area contributed by atoms with E-state index < -0.39 is 0 Å². The van der Waals surface area contributed by atoms with Gasteiger partial charge in [-0.25, -0.2) is 4.68 Å². The van der Waals surface area contributed by atoms with Crippen LogP contribution in [0.1, 0.15) is 21.7 Å². The molecule has 0 saturated carbocycles. The molecule has 29 heavy (non-hydrogen) atoms. The molecule has 0 unspecified atom stereocenters. The van der Waals surface area contributed by atoms with Crippen molar-refractivity contribution in [3.05, 3.63) is 88.2 Å². The van der Waals surface area contributed by atoms with Gasteiger partial charge in [-0.2, -0.15) is 5.10 Å². The van der Waals surface area contributed by atoms with E-state index in [1.54, 1.807) is 35.0 Å². The van der Waals surface area contributed by atoms with Gasteiger partial charge in [-0.15, -0.1) is 0 Å². The normalized spacial score (nSPS) is 10.8. The van der Waals surface area contributed by atoms with Crippen molar-refractivity contribution in [3.8, 4) is 5.69 Å². The maximum atomic E-state index is 12.9. The molecule has 0 atom stereocenters. The van der Waals surface area contributed by atoms with Crippen molar-refractivity contribution >= 4 is 44.1 Å². The third-order valence-electron chi connectivity index (χ3n) is 4.55. The summed E-state index contributed by atoms with van der Waals surface area (Å²) in [6.45, 7) is 1.85. The third-order valence-corrected chi connectivity index (χ3v) is 5.04. The molecule has 144 valence electrons. The zero-order chi connectivity index (χ0) is 20.5. The number of benzene rings is 3. The highest BCUT2D eigenvalue weighted by molar-refractivity contribution is 9.10. The lowest BCUT2D eigenvalue weighted by Crippen LogP contribution is -2.17. The molecule has 3 aromatic carbocycles. The Morgan fingerprint density at radius 2 is 1.72 bits per heavy atom. The molecule has 0 bridgehead atoms. The van der Waals surface area contributed by atoms with Crippen LogP contribution in [0.3, 0.4) is 0 Å². The second-order valence-electron chi connectivity index (χ2n) is 6.70. The van der Waals surface area contributed by atoms with Crippen LogP contribution in [0.5, 0.6) is 0 Å². The van der Waals surface area contributed by atoms with Crippen molar-refractivity contribution in [1.82, 2.24) is 9.78 Å². The van der Waals surface area contributed by atoms with E-state index in [9.17, 15) is 4.79 Å². The maximum absolute atomic E-state index is 12.9. The standard InChI is InChI=1S/C22H18BrN5O/c1-13-10-20(22(29)26-18-7-3-14(4-8-18)21(24)25)28(27-13)19-9-5-15-11-17(23)6-2-16(15)12-19/h2-12H,1H3,(H3,24,25)(H,26,29). The van der Waals surface area contributed by atoms with Gasteiger partial charge in [0, 0.05) is 15.7 Å². The van der Waals surface area contributed by atoms with E-state index in [4.69, 9.17) is 11.1 Å². The lowest BCUT2D eigenvalue weighted by Gasteiger charge is -2.10. The molecule has 6 nitrogen and oxygen atoms in total. The lowest BCUT2D eigenvalue weighted by molar-refractivity contribution is 0.101. The minimum atomic E-state index is -0.267. The number of amides is 1. The number of anilines is 1. The molecule has 0 aliphatic heterocycles. The molecule has 0 fully saturated rings. The highest BCUT2D eigenvalue weighted by Crippen LogP contribution is 2.24. The number of fused-ring (bicyclic) bond motifs is 1. The fourth-order valence-corrected chi connectivity index (χ4v) is 3.50. The minimum absolute atomic E-state index is 0.0140. The number of aryl methyl sites for hydroxylation is 1. The number of aromatic nitrogens is 2. The number of carbonyl (C=O) groups is 1. The molecule has 4 rings (SSSR count). The zero-order valence-corrected chi connectivity index (χ0v) is 17.2. The van der Waals surface area contributed by atoms with Gasteiger partial charge in [0.15, 0.2) is 0 Å². The molecule has 0 aliphatic carbocycles. The quantitative estimate of drug-likeness (QED) is 0.314. The van der Waals surface area contributed by atoms with Crippen LogP contribution in [0.2, 0.25) is 0 Å². The predicted molar refractivity (Wildman–Crippen MR) is 119 cm³/mol. The number of halogens is 1. The van der Waals surface area contributed by atoms with Crippen LogP contribution in [0, 0.1) is 12.3 Å². The molecule has 1 amide bonds. The highest BCUT2D eigenvalue weighted by Gasteiger charge is 2.16. The summed E-state index contributed by atoms with van der Waals surface area (Å²) in [5.74, 6) is -0.281. The van der Waals surface area contributed by atoms with Crippen LogP contribution in [0.4, 0.5) is 5.69 Å². The summed E-state index contributed by atoms with van der Waals surface area (Å²) < 4.78 is 2.67. The summed E-state index contributed by atoms with van der Waals surface area (Å²) in [6.07, 6.45) is 0. The molecule has 4 aromatic rings. The van der Waals surface area contributed by atoms with Gasteiger partial charge in [-0.3, -0.25) is 10.2 Å². The molecule has 7 heteroatoms. The Morgan fingerprint density at radius 1 is 1.03 bits per heavy atom. The minimum Gasteiger partial charge on any atom is -0.384 e. The van der Waals surface area contributed by atoms with Crippen molar-refractivity contribution < 1.29 is 4.79 Å². The van der Waals surface area contributed by atoms with Gasteiger partial charge in [-0.1, -0.05) is 28.1 Å². The highest BCUT2D eigenvalue weighted by atomic mass is 79.9. The van der Waals surface area contributed by atoms with E-state index in [0.717, 1.165) is 26.6 Å². The van der Waals surface area contributed by atoms with Crippen LogP contribution in [-0.4, -0.2) is 21.5 Å². The molecule has 0 spiro atoms. The molecule has 4 N–H and O–H groups in total. The number of hydrogen-bond acceptors (Lipinski definition) is 3. The summed E-state index contributed by atoms with van der Waals surface area (Å²) in [5, 5.41) is 17.0. The van der Waals surface area contributed by atoms with Gasteiger partial charge in [0.05, 0.1) is 11.4 Å². The van der Waals surface area contributed by atoms with Crippen molar-refractivity contribution in [3.63, 3.8) is 0 Å². The Kier molecular flexibility index (Phi) is 4.90. The topological polar surface area (TPSA) is 96.8 Å². The first-order valence-corrected chi connectivity index (χ1v) is 9.72. The van der Waals surface area contributed by atoms with Crippen molar-refractivity contribution in [2.45, 2.75) is 6.92 Å². The van der Waals surface area contributed by atoms with Gasteiger partial charge < -0.3 is 11.1 Å². The Balaban J connectivity index is 1.66. The largest absolute Gasteiger partial charge is 0.384 e. The molecule has 0 saturated heterocycles. The van der Waals surface area contributed by atoms with Gasteiger partial charge in [0.2, 0.25) is 0 Å². The molecular formula is C22H18BrN5O. The average molecular weight is 448 g/mol. The lowest BCUT2D eigenvalue weighted by atomic mass is 10.1. The van der Waals surface area contributed by atoms with E-state index in [1.807, 2.05) is 43.3 Å². The molecule has 1 heterocycles. The number of rotatable bonds is 4. The monoisotopic (exact) mass is 447 g/mol. The van der Waals surface area contributed by atoms with Crippen LogP contribution < -0.4 is 11.1 Å². The van der Waals surface area contributed by atoms with Crippen LogP contribution in [0.25, 0.3) is 16.5 Å². The third kappa shape index (κ3) is 3.90. The second-order valence-corrected chi connectivity index (χ2v) is 7.62. The SMILES string of the molecule is Cc1cc(C(=O)Nc2ccc(C(=N)N)cc2)n(-c2ccc3cc(Br)ccc3c2)n1. The Labute approximate surface area is 176 Å². The second kappa shape index (κ2) is 7.52. The van der Waals surface area contributed by atoms with Crippen molar-refractivity contribution in [2.24, 2.45) is 5.73 Å². The van der Waals surface area contributed by atoms with E-state index >= 15 is 0 Å². The summed E-state index contributed by atoms with van der Waals surface area (Å²) in [6, 6.07) is 20.6. The summed E-state index contributed by atoms with van der Waals surface area (Å²) >= 11 is 3.48. The number of nitrogens with zero attached hydrogens (tertiary/aromatic N) is 2. The van der Waals surface area contributed by atoms with Crippen molar-refractivity contribution in [1.29, 1.82) is 5.41 Å². The number of carbonyl (C=O) groups excluding carboxylic acids is 1. The smallest absolute Gasteiger partial charge is 0.274 e. The first-order chi connectivity index (χ1) is 13.9. The van der Waals surface area contributed by atoms with Crippen LogP contribution in [0.15, 0.2) is 71.2 Å². The fourth-order valence-electron chi connectivity index (χ4n) is 3.12. The van der Waals surface area contributed by atoms with Crippen LogP contribution in [-0.2, 0) is 0 Å². The van der Waals surface area contributed by atoms with Gasteiger partial charge in [0.1, 0.15) is 11.5 Å². The van der Waals surface area contributed by atoms with Gasteiger partial charge >= 0.3 is 0 Å². The van der Waals surface area contributed by atoms with Crippen molar-refractivity contribution in [2.75, 3.05) is 5.32 Å². The maximum Gasteiger partial charge on any atom is 0.274 e. The van der Waals surface area contributed by atoms with E-state index in [1.165, 1.54) is 0 Å². The summed E-state index contributed by atoms with van der Waals surface area (Å²) in [4.78, 5) is 12.9.